The van der Waals surface area contributed by atoms with Gasteiger partial charge in [0.25, 0.3) is 0 Å². The van der Waals surface area contributed by atoms with Gasteiger partial charge in [0.1, 0.15) is 24.0 Å². The highest BCUT2D eigenvalue weighted by Gasteiger charge is 2.06. The highest BCUT2D eigenvalue weighted by Crippen LogP contribution is 2.19. The van der Waals surface area contributed by atoms with Crippen molar-refractivity contribution in [1.29, 1.82) is 0 Å². The number of benzene rings is 1. The third-order valence-corrected chi connectivity index (χ3v) is 1.58. The summed E-state index contributed by atoms with van der Waals surface area (Å²) < 4.78 is 30.6. The molecule has 0 aliphatic rings. The second-order valence-corrected chi connectivity index (χ2v) is 2.50. The zero-order chi connectivity index (χ0) is 9.84. The first kappa shape index (κ1) is 9.53. The van der Waals surface area contributed by atoms with Gasteiger partial charge in [0.2, 0.25) is 0 Å². The molecule has 0 amide bonds. The van der Waals surface area contributed by atoms with E-state index in [1.807, 2.05) is 0 Å². The van der Waals surface area contributed by atoms with Gasteiger partial charge in [-0.2, -0.15) is 0 Å². The molecule has 0 spiro atoms. The standard InChI is InChI=1S/C10H8F2O/c1-3-4-13-8-5-9(11)7(2)10(12)6-8/h1,5-6H,4H2,2H3. The normalized spacial score (nSPS) is 9.38. The summed E-state index contributed by atoms with van der Waals surface area (Å²) in [6.07, 6.45) is 4.92. The molecule has 1 aromatic rings. The van der Waals surface area contributed by atoms with Crippen LogP contribution >= 0.6 is 0 Å². The van der Waals surface area contributed by atoms with E-state index in [4.69, 9.17) is 11.2 Å². The first-order valence-electron chi connectivity index (χ1n) is 3.67. The molecule has 1 aromatic carbocycles. The molecule has 0 bridgehead atoms. The van der Waals surface area contributed by atoms with Crippen LogP contribution in [0.5, 0.6) is 5.75 Å². The van der Waals surface area contributed by atoms with E-state index in [2.05, 4.69) is 5.92 Å². The van der Waals surface area contributed by atoms with Gasteiger partial charge in [0, 0.05) is 17.7 Å². The van der Waals surface area contributed by atoms with Crippen molar-refractivity contribution in [3.63, 3.8) is 0 Å². The Bertz CT molecular complexity index is 329. The molecule has 0 aliphatic heterocycles. The van der Waals surface area contributed by atoms with Gasteiger partial charge in [-0.15, -0.1) is 6.42 Å². The molecule has 0 heterocycles. The number of halogens is 2. The van der Waals surface area contributed by atoms with Gasteiger partial charge in [0.15, 0.2) is 0 Å². The summed E-state index contributed by atoms with van der Waals surface area (Å²) in [5, 5.41) is 0. The maximum atomic E-state index is 12.9. The molecule has 0 atom stereocenters. The second kappa shape index (κ2) is 3.90. The Hall–Kier alpha value is -1.56. The van der Waals surface area contributed by atoms with Crippen LogP contribution in [0.15, 0.2) is 12.1 Å². The van der Waals surface area contributed by atoms with Crippen molar-refractivity contribution in [2.24, 2.45) is 0 Å². The molecule has 0 fully saturated rings. The summed E-state index contributed by atoms with van der Waals surface area (Å²) in [4.78, 5) is 0. The molecule has 0 radical (unpaired) electrons. The Morgan fingerprint density at radius 1 is 1.38 bits per heavy atom. The van der Waals surface area contributed by atoms with Crippen molar-refractivity contribution in [2.75, 3.05) is 6.61 Å². The van der Waals surface area contributed by atoms with E-state index in [9.17, 15) is 8.78 Å². The van der Waals surface area contributed by atoms with Crippen molar-refractivity contribution in [1.82, 2.24) is 0 Å². The molecule has 0 saturated heterocycles. The molecule has 0 aliphatic carbocycles. The van der Waals surface area contributed by atoms with Crippen molar-refractivity contribution >= 4 is 0 Å². The lowest BCUT2D eigenvalue weighted by atomic mass is 10.2. The number of rotatable bonds is 2. The molecule has 13 heavy (non-hydrogen) atoms. The van der Waals surface area contributed by atoms with E-state index in [1.54, 1.807) is 0 Å². The summed E-state index contributed by atoms with van der Waals surface area (Å²) in [7, 11) is 0. The maximum absolute atomic E-state index is 12.9. The van der Waals surface area contributed by atoms with Gasteiger partial charge >= 0.3 is 0 Å². The summed E-state index contributed by atoms with van der Waals surface area (Å²) in [6.45, 7) is 1.36. The number of terminal acetylenes is 1. The largest absolute Gasteiger partial charge is 0.481 e. The lowest BCUT2D eigenvalue weighted by Gasteiger charge is -2.04. The smallest absolute Gasteiger partial charge is 0.148 e. The average Bonchev–Trinajstić information content (AvgIpc) is 2.10. The second-order valence-electron chi connectivity index (χ2n) is 2.50. The molecule has 1 rings (SSSR count). The van der Waals surface area contributed by atoms with Gasteiger partial charge in [-0.3, -0.25) is 0 Å². The van der Waals surface area contributed by atoms with Crippen LogP contribution in [0.2, 0.25) is 0 Å². The fourth-order valence-electron chi connectivity index (χ4n) is 0.830. The van der Waals surface area contributed by atoms with Gasteiger partial charge in [-0.25, -0.2) is 8.78 Å². The third-order valence-electron chi connectivity index (χ3n) is 1.58. The first-order valence-corrected chi connectivity index (χ1v) is 3.67. The van der Waals surface area contributed by atoms with E-state index in [0.717, 1.165) is 12.1 Å². The number of hydrogen-bond donors (Lipinski definition) is 0. The van der Waals surface area contributed by atoms with Crippen molar-refractivity contribution < 1.29 is 13.5 Å². The SMILES string of the molecule is C#CCOc1cc(F)c(C)c(F)c1. The minimum absolute atomic E-state index is 0.00193. The Labute approximate surface area is 75.3 Å². The van der Waals surface area contributed by atoms with Crippen LogP contribution in [0, 0.1) is 30.9 Å². The molecular formula is C10H8F2O. The fourth-order valence-corrected chi connectivity index (χ4v) is 0.830. The van der Waals surface area contributed by atoms with Crippen LogP contribution in [-0.4, -0.2) is 6.61 Å². The molecule has 3 heteroatoms. The molecule has 1 nitrogen and oxygen atoms in total. The van der Waals surface area contributed by atoms with E-state index >= 15 is 0 Å². The maximum Gasteiger partial charge on any atom is 0.148 e. The van der Waals surface area contributed by atoms with Crippen LogP contribution < -0.4 is 4.74 Å². The third kappa shape index (κ3) is 2.19. The van der Waals surface area contributed by atoms with Crippen LogP contribution in [0.1, 0.15) is 5.56 Å². The zero-order valence-corrected chi connectivity index (χ0v) is 7.10. The van der Waals surface area contributed by atoms with Gasteiger partial charge in [-0.1, -0.05) is 5.92 Å². The van der Waals surface area contributed by atoms with Crippen LogP contribution in [0.25, 0.3) is 0 Å². The Morgan fingerprint density at radius 3 is 2.38 bits per heavy atom. The average molecular weight is 182 g/mol. The van der Waals surface area contributed by atoms with Crippen molar-refractivity contribution in [2.45, 2.75) is 6.92 Å². The zero-order valence-electron chi connectivity index (χ0n) is 7.10. The lowest BCUT2D eigenvalue weighted by molar-refractivity contribution is 0.364. The molecule has 0 unspecified atom stereocenters. The Kier molecular flexibility index (Phi) is 2.86. The van der Waals surface area contributed by atoms with E-state index in [0.29, 0.717) is 0 Å². The van der Waals surface area contributed by atoms with Gasteiger partial charge < -0.3 is 4.74 Å². The summed E-state index contributed by atoms with van der Waals surface area (Å²) in [6, 6.07) is 2.21. The number of ether oxygens (including phenoxy) is 1. The molecule has 68 valence electrons. The topological polar surface area (TPSA) is 9.23 Å². The van der Waals surface area contributed by atoms with E-state index < -0.39 is 11.6 Å². The minimum Gasteiger partial charge on any atom is -0.481 e. The minimum atomic E-state index is -0.632. The van der Waals surface area contributed by atoms with Crippen LogP contribution in [0.4, 0.5) is 8.78 Å². The van der Waals surface area contributed by atoms with Gasteiger partial charge in [0.05, 0.1) is 0 Å². The monoisotopic (exact) mass is 182 g/mol. The van der Waals surface area contributed by atoms with Crippen molar-refractivity contribution in [3.8, 4) is 18.1 Å². The molecule has 0 aromatic heterocycles. The quantitative estimate of drug-likeness (QED) is 0.637. The highest BCUT2D eigenvalue weighted by atomic mass is 19.1. The Balaban J connectivity index is 2.94. The molecular weight excluding hydrogens is 174 g/mol. The molecule has 0 saturated carbocycles. The first-order chi connectivity index (χ1) is 6.15. The predicted molar refractivity (Wildman–Crippen MR) is 45.4 cm³/mol. The highest BCUT2D eigenvalue weighted by molar-refractivity contribution is 5.29. The van der Waals surface area contributed by atoms with Crippen LogP contribution in [0.3, 0.4) is 0 Å². The summed E-state index contributed by atoms with van der Waals surface area (Å²) in [5.74, 6) is 1.05. The number of hydrogen-bond acceptors (Lipinski definition) is 1. The molecule has 0 N–H and O–H groups in total. The summed E-state index contributed by atoms with van der Waals surface area (Å²) >= 11 is 0. The van der Waals surface area contributed by atoms with Crippen LogP contribution in [-0.2, 0) is 0 Å². The lowest BCUT2D eigenvalue weighted by Crippen LogP contribution is -1.96. The predicted octanol–water partition coefficient (Wildman–Crippen LogP) is 2.29. The van der Waals surface area contributed by atoms with Gasteiger partial charge in [-0.05, 0) is 6.92 Å². The van der Waals surface area contributed by atoms with E-state index in [-0.39, 0.29) is 17.9 Å². The van der Waals surface area contributed by atoms with Crippen molar-refractivity contribution in [3.05, 3.63) is 29.3 Å². The Morgan fingerprint density at radius 2 is 1.92 bits per heavy atom. The summed E-state index contributed by atoms with van der Waals surface area (Å²) in [5.41, 5.74) is -0.0203. The fraction of sp³-hybridized carbons (Fsp3) is 0.200. The van der Waals surface area contributed by atoms with E-state index in [1.165, 1.54) is 6.92 Å².